The lowest BCUT2D eigenvalue weighted by molar-refractivity contribution is 0.254. The second-order valence-corrected chi connectivity index (χ2v) is 4.92. The molecular weight excluding hydrogens is 153 g/mol. The van der Waals surface area contributed by atoms with E-state index in [1.807, 2.05) is 0 Å². The Hall–Kier alpha value is 0.390. The first-order valence-electron chi connectivity index (χ1n) is 4.69. The van der Waals surface area contributed by atoms with Gasteiger partial charge in [-0.2, -0.15) is 0 Å². The molecule has 66 valence electrons. The monoisotopic (exact) mass is 173 g/mol. The van der Waals surface area contributed by atoms with Crippen molar-refractivity contribution in [1.29, 1.82) is 0 Å². The van der Waals surface area contributed by atoms with E-state index in [4.69, 9.17) is 0 Å². The van der Waals surface area contributed by atoms with Gasteiger partial charge in [-0.3, -0.25) is 0 Å². The summed E-state index contributed by atoms with van der Waals surface area (Å²) in [7, 11) is 1.15. The summed E-state index contributed by atoms with van der Waals surface area (Å²) in [5.74, 6) is 0. The van der Waals surface area contributed by atoms with Crippen molar-refractivity contribution < 1.29 is 0 Å². The Morgan fingerprint density at radius 1 is 1.64 bits per heavy atom. The molecule has 0 spiro atoms. The Bertz CT molecular complexity index is 116. The molecule has 1 aliphatic heterocycles. The maximum atomic E-state index is 2.64. The standard InChI is InChI=1S/C9H20NP/c1-4-8(2)10-6-5-9(7-10)11-3/h8-9,11H,4-7H2,1-3H3/t8?,9-/m0/s1. The maximum absolute atomic E-state index is 2.64. The normalized spacial score (nSPS) is 30.3. The van der Waals surface area contributed by atoms with Crippen LogP contribution in [-0.2, 0) is 0 Å². The minimum absolute atomic E-state index is 0.816. The first kappa shape index (κ1) is 9.48. The van der Waals surface area contributed by atoms with Crippen LogP contribution in [0.25, 0.3) is 0 Å². The SMILES string of the molecule is CCC(C)N1CC[C@H](PC)C1. The molecule has 1 nitrogen and oxygen atoms in total. The van der Waals surface area contributed by atoms with E-state index < -0.39 is 0 Å². The Kier molecular flexibility index (Phi) is 3.81. The largest absolute Gasteiger partial charge is 0.300 e. The van der Waals surface area contributed by atoms with Crippen molar-refractivity contribution in [1.82, 2.24) is 4.90 Å². The molecular formula is C9H20NP. The van der Waals surface area contributed by atoms with Crippen LogP contribution in [-0.4, -0.2) is 36.4 Å². The molecule has 11 heavy (non-hydrogen) atoms. The highest BCUT2D eigenvalue weighted by Gasteiger charge is 2.23. The second-order valence-electron chi connectivity index (χ2n) is 3.53. The van der Waals surface area contributed by atoms with E-state index in [9.17, 15) is 0 Å². The first-order chi connectivity index (χ1) is 5.27. The average molecular weight is 173 g/mol. The Morgan fingerprint density at radius 3 is 2.82 bits per heavy atom. The van der Waals surface area contributed by atoms with Gasteiger partial charge < -0.3 is 4.90 Å². The van der Waals surface area contributed by atoms with Gasteiger partial charge in [-0.25, -0.2) is 0 Å². The van der Waals surface area contributed by atoms with Gasteiger partial charge in [-0.1, -0.05) is 6.92 Å². The van der Waals surface area contributed by atoms with E-state index in [0.29, 0.717) is 0 Å². The van der Waals surface area contributed by atoms with E-state index in [-0.39, 0.29) is 0 Å². The van der Waals surface area contributed by atoms with Crippen LogP contribution in [0.4, 0.5) is 0 Å². The van der Waals surface area contributed by atoms with E-state index in [1.165, 1.54) is 25.9 Å². The summed E-state index contributed by atoms with van der Waals surface area (Å²) < 4.78 is 0. The predicted molar refractivity (Wildman–Crippen MR) is 54.0 cm³/mol. The fourth-order valence-corrected chi connectivity index (χ4v) is 2.52. The lowest BCUT2D eigenvalue weighted by Crippen LogP contribution is -2.30. The summed E-state index contributed by atoms with van der Waals surface area (Å²) in [4.78, 5) is 2.64. The molecule has 0 aliphatic carbocycles. The van der Waals surface area contributed by atoms with Crippen molar-refractivity contribution in [3.05, 3.63) is 0 Å². The summed E-state index contributed by atoms with van der Waals surface area (Å²) in [6, 6.07) is 0.816. The minimum atomic E-state index is 0.816. The van der Waals surface area contributed by atoms with Gasteiger partial charge in [-0.15, -0.1) is 8.58 Å². The summed E-state index contributed by atoms with van der Waals surface area (Å²) in [5, 5.41) is 0. The molecule has 0 bridgehead atoms. The highest BCUT2D eigenvalue weighted by Crippen LogP contribution is 2.26. The second kappa shape index (κ2) is 4.42. The van der Waals surface area contributed by atoms with Crippen molar-refractivity contribution in [3.63, 3.8) is 0 Å². The predicted octanol–water partition coefficient (Wildman–Crippen LogP) is 2.17. The third-order valence-electron chi connectivity index (χ3n) is 2.84. The van der Waals surface area contributed by atoms with Crippen LogP contribution >= 0.6 is 8.58 Å². The van der Waals surface area contributed by atoms with E-state index in [1.54, 1.807) is 0 Å². The van der Waals surface area contributed by atoms with Crippen LogP contribution in [0.15, 0.2) is 0 Å². The fourth-order valence-electron chi connectivity index (χ4n) is 1.68. The zero-order valence-corrected chi connectivity index (χ0v) is 8.93. The quantitative estimate of drug-likeness (QED) is 0.591. The molecule has 0 N–H and O–H groups in total. The van der Waals surface area contributed by atoms with Gasteiger partial charge in [-0.05, 0) is 38.6 Å². The molecule has 0 aromatic carbocycles. The zero-order valence-electron chi connectivity index (χ0n) is 7.93. The van der Waals surface area contributed by atoms with E-state index in [2.05, 4.69) is 25.4 Å². The van der Waals surface area contributed by atoms with Crippen LogP contribution in [0.1, 0.15) is 26.7 Å². The molecule has 0 saturated carbocycles. The van der Waals surface area contributed by atoms with Crippen LogP contribution in [0, 0.1) is 0 Å². The fraction of sp³-hybridized carbons (Fsp3) is 1.00. The van der Waals surface area contributed by atoms with Gasteiger partial charge in [0.25, 0.3) is 0 Å². The van der Waals surface area contributed by atoms with Gasteiger partial charge in [0.1, 0.15) is 0 Å². The summed E-state index contributed by atoms with van der Waals surface area (Å²) in [6.07, 6.45) is 2.75. The van der Waals surface area contributed by atoms with Crippen molar-refractivity contribution in [2.45, 2.75) is 38.4 Å². The van der Waals surface area contributed by atoms with E-state index >= 15 is 0 Å². The molecule has 0 amide bonds. The molecule has 1 aliphatic rings. The molecule has 0 aromatic rings. The number of hydrogen-bond acceptors (Lipinski definition) is 1. The lowest BCUT2D eigenvalue weighted by Gasteiger charge is -2.22. The highest BCUT2D eigenvalue weighted by atomic mass is 31.1. The minimum Gasteiger partial charge on any atom is -0.300 e. The van der Waals surface area contributed by atoms with Crippen LogP contribution in [0.5, 0.6) is 0 Å². The first-order valence-corrected chi connectivity index (χ1v) is 6.27. The van der Waals surface area contributed by atoms with Crippen molar-refractivity contribution >= 4 is 8.58 Å². The number of nitrogens with zero attached hydrogens (tertiary/aromatic N) is 1. The Morgan fingerprint density at radius 2 is 2.36 bits per heavy atom. The number of rotatable bonds is 3. The summed E-state index contributed by atoms with van der Waals surface area (Å²) in [6.45, 7) is 9.68. The summed E-state index contributed by atoms with van der Waals surface area (Å²) >= 11 is 0. The van der Waals surface area contributed by atoms with Crippen LogP contribution < -0.4 is 0 Å². The van der Waals surface area contributed by atoms with Gasteiger partial charge in [0, 0.05) is 12.6 Å². The van der Waals surface area contributed by atoms with Crippen LogP contribution in [0.3, 0.4) is 0 Å². The third kappa shape index (κ3) is 2.42. The number of hydrogen-bond donors (Lipinski definition) is 0. The average Bonchev–Trinajstić information content (AvgIpc) is 2.50. The van der Waals surface area contributed by atoms with Gasteiger partial charge in [0.2, 0.25) is 0 Å². The van der Waals surface area contributed by atoms with E-state index in [0.717, 1.165) is 20.3 Å². The molecule has 0 aromatic heterocycles. The van der Waals surface area contributed by atoms with Crippen LogP contribution in [0.2, 0.25) is 0 Å². The third-order valence-corrected chi connectivity index (χ3v) is 4.13. The van der Waals surface area contributed by atoms with Gasteiger partial charge in [0.05, 0.1) is 0 Å². The zero-order chi connectivity index (χ0) is 8.27. The topological polar surface area (TPSA) is 3.24 Å². The molecule has 1 rings (SSSR count). The van der Waals surface area contributed by atoms with Crippen molar-refractivity contribution in [3.8, 4) is 0 Å². The molecule has 0 radical (unpaired) electrons. The smallest absolute Gasteiger partial charge is 0.00645 e. The molecule has 2 unspecified atom stereocenters. The Labute approximate surface area is 72.3 Å². The Balaban J connectivity index is 2.29. The molecule has 1 saturated heterocycles. The molecule has 3 atom stereocenters. The van der Waals surface area contributed by atoms with Gasteiger partial charge >= 0.3 is 0 Å². The van der Waals surface area contributed by atoms with Gasteiger partial charge in [0.15, 0.2) is 0 Å². The highest BCUT2D eigenvalue weighted by molar-refractivity contribution is 7.37. The molecule has 1 heterocycles. The molecule has 2 heteroatoms. The lowest BCUT2D eigenvalue weighted by atomic mass is 10.2. The number of likely N-dealkylation sites (tertiary alicyclic amines) is 1. The molecule has 1 fully saturated rings. The maximum Gasteiger partial charge on any atom is 0.00645 e. The van der Waals surface area contributed by atoms with Crippen molar-refractivity contribution in [2.75, 3.05) is 19.8 Å². The summed E-state index contributed by atoms with van der Waals surface area (Å²) in [5.41, 5.74) is 1.02. The van der Waals surface area contributed by atoms with Crippen molar-refractivity contribution in [2.24, 2.45) is 0 Å².